The number of primary amides is 1. The quantitative estimate of drug-likeness (QED) is 0.473. The summed E-state index contributed by atoms with van der Waals surface area (Å²) in [5.74, 6) is 0.300. The average Bonchev–Trinajstić information content (AvgIpc) is 2.72. The molecular formula is C22H28N4O4. The van der Waals surface area contributed by atoms with Gasteiger partial charge in [-0.1, -0.05) is 44.2 Å². The summed E-state index contributed by atoms with van der Waals surface area (Å²) in [6.07, 6.45) is 0.860. The highest BCUT2D eigenvalue weighted by molar-refractivity contribution is 5.95. The zero-order valence-electron chi connectivity index (χ0n) is 17.2. The van der Waals surface area contributed by atoms with E-state index in [0.29, 0.717) is 23.8 Å². The van der Waals surface area contributed by atoms with Gasteiger partial charge in [-0.3, -0.25) is 20.4 Å². The number of hydrazine groups is 1. The first kappa shape index (κ1) is 22.7. The molecule has 1 atom stereocenters. The molecule has 4 amide bonds. The number of amides is 4. The van der Waals surface area contributed by atoms with Crippen LogP contribution in [0.5, 0.6) is 5.75 Å². The Labute approximate surface area is 176 Å². The fourth-order valence-corrected chi connectivity index (χ4v) is 2.66. The van der Waals surface area contributed by atoms with Gasteiger partial charge in [-0.05, 0) is 42.2 Å². The molecule has 5 N–H and O–H groups in total. The van der Waals surface area contributed by atoms with Crippen LogP contribution in [0.1, 0.15) is 48.7 Å². The summed E-state index contributed by atoms with van der Waals surface area (Å²) >= 11 is 0. The molecule has 2 aromatic carbocycles. The summed E-state index contributed by atoms with van der Waals surface area (Å²) in [4.78, 5) is 35.7. The monoisotopic (exact) mass is 412 g/mol. The topological polar surface area (TPSA) is 123 Å². The molecule has 8 heteroatoms. The van der Waals surface area contributed by atoms with Gasteiger partial charge in [0.25, 0.3) is 5.91 Å². The lowest BCUT2D eigenvalue weighted by atomic mass is 10.0. The Morgan fingerprint density at radius 3 is 2.23 bits per heavy atom. The molecule has 0 radical (unpaired) electrons. The van der Waals surface area contributed by atoms with E-state index >= 15 is 0 Å². The van der Waals surface area contributed by atoms with E-state index in [2.05, 4.69) is 30.0 Å². The minimum Gasteiger partial charge on any atom is -0.494 e. The highest BCUT2D eigenvalue weighted by Crippen LogP contribution is 2.16. The van der Waals surface area contributed by atoms with Crippen LogP contribution in [-0.2, 0) is 4.79 Å². The zero-order chi connectivity index (χ0) is 21.9. The fourth-order valence-electron chi connectivity index (χ4n) is 2.66. The predicted molar refractivity (Wildman–Crippen MR) is 114 cm³/mol. The minimum absolute atomic E-state index is 0.0874. The van der Waals surface area contributed by atoms with Gasteiger partial charge in [0.15, 0.2) is 0 Å². The Kier molecular flexibility index (Phi) is 8.68. The fraction of sp³-hybridized carbons (Fsp3) is 0.318. The Morgan fingerprint density at radius 1 is 0.967 bits per heavy atom. The van der Waals surface area contributed by atoms with Crippen LogP contribution in [-0.4, -0.2) is 24.5 Å². The maximum atomic E-state index is 12.2. The van der Waals surface area contributed by atoms with Crippen molar-refractivity contribution < 1.29 is 19.1 Å². The molecule has 1 unspecified atom stereocenters. The van der Waals surface area contributed by atoms with Gasteiger partial charge in [0.2, 0.25) is 5.91 Å². The number of hydrogen-bond acceptors (Lipinski definition) is 4. The van der Waals surface area contributed by atoms with Crippen LogP contribution in [0.4, 0.5) is 4.79 Å². The van der Waals surface area contributed by atoms with Crippen LogP contribution in [0.3, 0.4) is 0 Å². The first-order chi connectivity index (χ1) is 14.3. The van der Waals surface area contributed by atoms with E-state index in [0.717, 1.165) is 12.0 Å². The lowest BCUT2D eigenvalue weighted by Gasteiger charge is -2.18. The van der Waals surface area contributed by atoms with Crippen molar-refractivity contribution in [3.8, 4) is 5.75 Å². The number of urea groups is 1. The van der Waals surface area contributed by atoms with Crippen molar-refractivity contribution in [1.29, 1.82) is 0 Å². The van der Waals surface area contributed by atoms with E-state index in [1.807, 2.05) is 6.07 Å². The Morgan fingerprint density at radius 2 is 1.63 bits per heavy atom. The molecule has 8 nitrogen and oxygen atoms in total. The van der Waals surface area contributed by atoms with Gasteiger partial charge in [0, 0.05) is 5.56 Å². The number of rotatable bonds is 9. The first-order valence-electron chi connectivity index (χ1n) is 9.78. The molecule has 0 heterocycles. The number of carbonyl (C=O) groups is 3. The lowest BCUT2D eigenvalue weighted by Crippen LogP contribution is -2.44. The molecule has 0 aliphatic rings. The first-order valence-corrected chi connectivity index (χ1v) is 9.78. The van der Waals surface area contributed by atoms with E-state index in [4.69, 9.17) is 10.5 Å². The molecule has 30 heavy (non-hydrogen) atoms. The van der Waals surface area contributed by atoms with Crippen molar-refractivity contribution >= 4 is 17.8 Å². The molecule has 160 valence electrons. The van der Waals surface area contributed by atoms with E-state index in [-0.39, 0.29) is 6.42 Å². The van der Waals surface area contributed by atoms with E-state index in [1.54, 1.807) is 48.5 Å². The maximum Gasteiger partial charge on any atom is 0.312 e. The molecule has 0 aliphatic heterocycles. The summed E-state index contributed by atoms with van der Waals surface area (Å²) in [5, 5.41) is 2.53. The summed E-state index contributed by atoms with van der Waals surface area (Å²) < 4.78 is 5.62. The van der Waals surface area contributed by atoms with Crippen LogP contribution in [0, 0.1) is 5.92 Å². The molecule has 0 saturated carbocycles. The van der Waals surface area contributed by atoms with Gasteiger partial charge in [-0.25, -0.2) is 4.79 Å². The highest BCUT2D eigenvalue weighted by atomic mass is 16.5. The molecule has 2 aromatic rings. The predicted octanol–water partition coefficient (Wildman–Crippen LogP) is 2.67. The number of nitrogens with two attached hydrogens (primary N) is 1. The number of hydrogen-bond donors (Lipinski definition) is 4. The van der Waals surface area contributed by atoms with Crippen molar-refractivity contribution in [2.75, 3.05) is 6.61 Å². The van der Waals surface area contributed by atoms with Crippen LogP contribution >= 0.6 is 0 Å². The van der Waals surface area contributed by atoms with Gasteiger partial charge < -0.3 is 15.8 Å². The number of nitrogens with one attached hydrogen (secondary N) is 3. The van der Waals surface area contributed by atoms with E-state index in [9.17, 15) is 14.4 Å². The highest BCUT2D eigenvalue weighted by Gasteiger charge is 2.18. The van der Waals surface area contributed by atoms with E-state index < -0.39 is 23.9 Å². The molecule has 0 saturated heterocycles. The van der Waals surface area contributed by atoms with Gasteiger partial charge in [0.1, 0.15) is 5.75 Å². The molecule has 0 aromatic heterocycles. The van der Waals surface area contributed by atoms with Crippen LogP contribution in [0.2, 0.25) is 0 Å². The normalized spacial score (nSPS) is 11.4. The molecule has 0 bridgehead atoms. The van der Waals surface area contributed by atoms with Crippen LogP contribution < -0.4 is 26.6 Å². The summed E-state index contributed by atoms with van der Waals surface area (Å²) in [5.41, 5.74) is 11.0. The number of carbonyl (C=O) groups excluding carboxylic acids is 3. The molecule has 0 fully saturated rings. The van der Waals surface area contributed by atoms with Crippen LogP contribution in [0.15, 0.2) is 54.6 Å². The lowest BCUT2D eigenvalue weighted by molar-refractivity contribution is -0.122. The standard InChI is InChI=1S/C22H28N4O4/c1-15(2)12-13-30-18-10-8-17(9-11-18)21(28)26-25-20(27)14-19(24-22(23)29)16-6-4-3-5-7-16/h3-11,15,19H,12-14H2,1-2H3,(H,25,27)(H,26,28)(H3,23,24,29). The zero-order valence-corrected chi connectivity index (χ0v) is 17.2. The SMILES string of the molecule is CC(C)CCOc1ccc(C(=O)NNC(=O)CC(NC(N)=O)c2ccccc2)cc1. The summed E-state index contributed by atoms with van der Waals surface area (Å²) in [7, 11) is 0. The van der Waals surface area contributed by atoms with Gasteiger partial charge in [-0.15, -0.1) is 0 Å². The molecule has 2 rings (SSSR count). The summed E-state index contributed by atoms with van der Waals surface area (Å²) in [6.45, 7) is 4.86. The van der Waals surface area contributed by atoms with E-state index in [1.165, 1.54) is 0 Å². The minimum atomic E-state index is -0.739. The smallest absolute Gasteiger partial charge is 0.312 e. The molecule has 0 spiro atoms. The third-order valence-electron chi connectivity index (χ3n) is 4.30. The van der Waals surface area contributed by atoms with Gasteiger partial charge in [-0.2, -0.15) is 0 Å². The molecular weight excluding hydrogens is 384 g/mol. The maximum absolute atomic E-state index is 12.2. The van der Waals surface area contributed by atoms with Crippen molar-refractivity contribution in [2.24, 2.45) is 11.7 Å². The second-order valence-corrected chi connectivity index (χ2v) is 7.23. The van der Waals surface area contributed by atoms with Crippen molar-refractivity contribution in [2.45, 2.75) is 32.7 Å². The average molecular weight is 412 g/mol. The van der Waals surface area contributed by atoms with Crippen molar-refractivity contribution in [3.63, 3.8) is 0 Å². The Bertz CT molecular complexity index is 838. The number of benzene rings is 2. The van der Waals surface area contributed by atoms with Crippen molar-refractivity contribution in [3.05, 3.63) is 65.7 Å². The second kappa shape index (κ2) is 11.5. The second-order valence-electron chi connectivity index (χ2n) is 7.23. The Balaban J connectivity index is 1.85. The molecule has 0 aliphatic carbocycles. The third-order valence-corrected chi connectivity index (χ3v) is 4.30. The van der Waals surface area contributed by atoms with Crippen molar-refractivity contribution in [1.82, 2.24) is 16.2 Å². The van der Waals surface area contributed by atoms with Gasteiger partial charge >= 0.3 is 6.03 Å². The third kappa shape index (κ3) is 7.83. The number of ether oxygens (including phenoxy) is 1. The Hall–Kier alpha value is -3.55. The van der Waals surface area contributed by atoms with Gasteiger partial charge in [0.05, 0.1) is 19.1 Å². The largest absolute Gasteiger partial charge is 0.494 e. The van der Waals surface area contributed by atoms with Crippen LogP contribution in [0.25, 0.3) is 0 Å². The summed E-state index contributed by atoms with van der Waals surface area (Å²) in [6, 6.07) is 14.3.